The third kappa shape index (κ3) is 5.10. The summed E-state index contributed by atoms with van der Waals surface area (Å²) in [6.45, 7) is 2.55. The SMILES string of the molecule is CC1CCC2(CC1)NC(=O)N(NC(=O)CN1CCC[C@H]1C(=O)Nc1cc(Cl)cc(Cl)c1)C2=O. The fourth-order valence-electron chi connectivity index (χ4n) is 4.82. The largest absolute Gasteiger partial charge is 0.344 e. The van der Waals surface area contributed by atoms with Crippen LogP contribution in [0, 0.1) is 5.92 Å². The highest BCUT2D eigenvalue weighted by Gasteiger charge is 2.53. The molecule has 0 unspecified atom stereocenters. The molecule has 9 nitrogen and oxygen atoms in total. The summed E-state index contributed by atoms with van der Waals surface area (Å²) in [5, 5.41) is 7.16. The quantitative estimate of drug-likeness (QED) is 0.543. The average molecular weight is 496 g/mol. The Kier molecular flexibility index (Phi) is 6.83. The summed E-state index contributed by atoms with van der Waals surface area (Å²) >= 11 is 12.0. The van der Waals surface area contributed by atoms with E-state index >= 15 is 0 Å². The van der Waals surface area contributed by atoms with Crippen molar-refractivity contribution >= 4 is 52.6 Å². The molecule has 1 saturated carbocycles. The van der Waals surface area contributed by atoms with Gasteiger partial charge in [0.2, 0.25) is 5.91 Å². The van der Waals surface area contributed by atoms with Crippen molar-refractivity contribution < 1.29 is 19.2 Å². The van der Waals surface area contributed by atoms with E-state index < -0.39 is 29.4 Å². The number of nitrogens with zero attached hydrogens (tertiary/aromatic N) is 2. The van der Waals surface area contributed by atoms with E-state index in [2.05, 4.69) is 23.0 Å². The van der Waals surface area contributed by atoms with Crippen molar-refractivity contribution in [3.63, 3.8) is 0 Å². The van der Waals surface area contributed by atoms with E-state index in [0.717, 1.165) is 24.3 Å². The molecule has 178 valence electrons. The van der Waals surface area contributed by atoms with Crippen LogP contribution in [0.1, 0.15) is 45.4 Å². The molecule has 3 N–H and O–H groups in total. The zero-order valence-corrected chi connectivity index (χ0v) is 19.8. The fraction of sp³-hybridized carbons (Fsp3) is 0.545. The molecular formula is C22H27Cl2N5O4. The summed E-state index contributed by atoms with van der Waals surface area (Å²) in [7, 11) is 0. The number of halogens is 2. The summed E-state index contributed by atoms with van der Waals surface area (Å²) < 4.78 is 0. The van der Waals surface area contributed by atoms with Crippen molar-refractivity contribution in [2.45, 2.75) is 57.0 Å². The Morgan fingerprint density at radius 2 is 1.79 bits per heavy atom. The Labute approximate surface area is 202 Å². The maximum Gasteiger partial charge on any atom is 0.344 e. The highest BCUT2D eigenvalue weighted by atomic mass is 35.5. The number of amides is 5. The topological polar surface area (TPSA) is 111 Å². The summed E-state index contributed by atoms with van der Waals surface area (Å²) in [6, 6.07) is 3.62. The molecule has 0 aromatic heterocycles. The van der Waals surface area contributed by atoms with E-state index in [9.17, 15) is 19.2 Å². The summed E-state index contributed by atoms with van der Waals surface area (Å²) in [5.74, 6) is -0.708. The van der Waals surface area contributed by atoms with Crippen molar-refractivity contribution in [3.8, 4) is 0 Å². The lowest BCUT2D eigenvalue weighted by atomic mass is 9.77. The van der Waals surface area contributed by atoms with Gasteiger partial charge in [0.05, 0.1) is 12.6 Å². The minimum Gasteiger partial charge on any atom is -0.325 e. The molecule has 5 amide bonds. The summed E-state index contributed by atoms with van der Waals surface area (Å²) in [6.07, 6.45) is 4.14. The van der Waals surface area contributed by atoms with Crippen LogP contribution in [0.5, 0.6) is 0 Å². The molecule has 11 heteroatoms. The molecule has 1 aliphatic carbocycles. The number of hydrogen-bond donors (Lipinski definition) is 3. The molecule has 0 radical (unpaired) electrons. The first kappa shape index (κ1) is 23.8. The summed E-state index contributed by atoms with van der Waals surface area (Å²) in [5.41, 5.74) is 1.98. The first-order valence-electron chi connectivity index (χ1n) is 11.1. The third-order valence-corrected chi connectivity index (χ3v) is 7.11. The van der Waals surface area contributed by atoms with Crippen LogP contribution in [-0.4, -0.2) is 58.3 Å². The molecule has 0 bridgehead atoms. The second kappa shape index (κ2) is 9.48. The zero-order valence-electron chi connectivity index (χ0n) is 18.3. The molecular weight excluding hydrogens is 469 g/mol. The van der Waals surface area contributed by atoms with E-state index in [0.29, 0.717) is 47.5 Å². The number of hydrogen-bond acceptors (Lipinski definition) is 5. The number of carbonyl (C=O) groups excluding carboxylic acids is 4. The number of rotatable bonds is 5. The minimum absolute atomic E-state index is 0.116. The molecule has 3 fully saturated rings. The van der Waals surface area contributed by atoms with Crippen LogP contribution in [0.25, 0.3) is 0 Å². The predicted octanol–water partition coefficient (Wildman–Crippen LogP) is 2.93. The number of anilines is 1. The van der Waals surface area contributed by atoms with Crippen molar-refractivity contribution in [1.29, 1.82) is 0 Å². The first-order valence-corrected chi connectivity index (χ1v) is 11.9. The summed E-state index contributed by atoms with van der Waals surface area (Å²) in [4.78, 5) is 52.6. The number of likely N-dealkylation sites (tertiary alicyclic amines) is 1. The van der Waals surface area contributed by atoms with Gasteiger partial charge in [-0.2, -0.15) is 5.01 Å². The minimum atomic E-state index is -0.925. The standard InChI is InChI=1S/C22H27Cl2N5O4/c1-13-4-6-22(7-5-13)20(32)29(21(33)26-22)27-18(30)12-28-8-2-3-17(28)19(31)25-16-10-14(23)9-15(24)11-16/h9-11,13,17H,2-8,12H2,1H3,(H,25,31)(H,26,33)(H,27,30)/t13?,17-,22?/m0/s1. The lowest BCUT2D eigenvalue weighted by Crippen LogP contribution is -2.53. The van der Waals surface area contributed by atoms with Gasteiger partial charge in [-0.3, -0.25) is 24.7 Å². The van der Waals surface area contributed by atoms with Gasteiger partial charge in [0, 0.05) is 15.7 Å². The van der Waals surface area contributed by atoms with E-state index in [-0.39, 0.29) is 12.5 Å². The molecule has 1 aromatic carbocycles. The van der Waals surface area contributed by atoms with E-state index in [4.69, 9.17) is 23.2 Å². The molecule has 2 saturated heterocycles. The fourth-order valence-corrected chi connectivity index (χ4v) is 5.35. The Bertz CT molecular complexity index is 959. The molecule has 3 aliphatic rings. The van der Waals surface area contributed by atoms with Crippen LogP contribution in [0.15, 0.2) is 18.2 Å². The van der Waals surface area contributed by atoms with Crippen LogP contribution in [-0.2, 0) is 14.4 Å². The van der Waals surface area contributed by atoms with E-state index in [1.165, 1.54) is 0 Å². The Hall–Kier alpha value is -2.36. The smallest absolute Gasteiger partial charge is 0.325 e. The van der Waals surface area contributed by atoms with Gasteiger partial charge >= 0.3 is 6.03 Å². The van der Waals surface area contributed by atoms with Crippen LogP contribution in [0.3, 0.4) is 0 Å². The van der Waals surface area contributed by atoms with Crippen LogP contribution >= 0.6 is 23.2 Å². The van der Waals surface area contributed by atoms with Crippen molar-refractivity contribution in [2.24, 2.45) is 5.92 Å². The average Bonchev–Trinajstić information content (AvgIpc) is 3.28. The van der Waals surface area contributed by atoms with Crippen LogP contribution in [0.4, 0.5) is 10.5 Å². The van der Waals surface area contributed by atoms with Gasteiger partial charge in [-0.25, -0.2) is 4.79 Å². The Morgan fingerprint density at radius 1 is 1.12 bits per heavy atom. The highest BCUT2D eigenvalue weighted by Crippen LogP contribution is 2.35. The first-order chi connectivity index (χ1) is 15.7. The van der Waals surface area contributed by atoms with Gasteiger partial charge in [0.1, 0.15) is 5.54 Å². The van der Waals surface area contributed by atoms with Gasteiger partial charge in [0.15, 0.2) is 0 Å². The normalized spacial score (nSPS) is 27.7. The van der Waals surface area contributed by atoms with Gasteiger partial charge in [-0.15, -0.1) is 0 Å². The molecule has 1 aromatic rings. The molecule has 2 aliphatic heterocycles. The number of carbonyl (C=O) groups is 4. The number of imide groups is 1. The lowest BCUT2D eigenvalue weighted by Gasteiger charge is -2.33. The Morgan fingerprint density at radius 3 is 2.45 bits per heavy atom. The molecule has 2 heterocycles. The Balaban J connectivity index is 1.35. The lowest BCUT2D eigenvalue weighted by molar-refractivity contribution is -0.140. The predicted molar refractivity (Wildman–Crippen MR) is 124 cm³/mol. The van der Waals surface area contributed by atoms with Crippen molar-refractivity contribution in [3.05, 3.63) is 28.2 Å². The zero-order chi connectivity index (χ0) is 23.8. The second-order valence-electron chi connectivity index (χ2n) is 9.15. The van der Waals surface area contributed by atoms with Crippen molar-refractivity contribution in [2.75, 3.05) is 18.4 Å². The van der Waals surface area contributed by atoms with Gasteiger partial charge < -0.3 is 10.6 Å². The van der Waals surface area contributed by atoms with Crippen LogP contribution < -0.4 is 16.1 Å². The van der Waals surface area contributed by atoms with Crippen LogP contribution in [0.2, 0.25) is 10.0 Å². The maximum atomic E-state index is 12.9. The molecule has 1 atom stereocenters. The second-order valence-corrected chi connectivity index (χ2v) is 10.0. The third-order valence-electron chi connectivity index (χ3n) is 6.67. The van der Waals surface area contributed by atoms with Crippen molar-refractivity contribution in [1.82, 2.24) is 20.7 Å². The monoisotopic (exact) mass is 495 g/mol. The molecule has 4 rings (SSSR count). The molecule has 33 heavy (non-hydrogen) atoms. The van der Waals surface area contributed by atoms with E-state index in [1.807, 2.05) is 0 Å². The van der Waals surface area contributed by atoms with Gasteiger partial charge in [0.25, 0.3) is 11.8 Å². The highest BCUT2D eigenvalue weighted by molar-refractivity contribution is 6.35. The van der Waals surface area contributed by atoms with Gasteiger partial charge in [-0.05, 0) is 69.2 Å². The number of benzene rings is 1. The number of nitrogens with one attached hydrogen (secondary N) is 3. The van der Waals surface area contributed by atoms with Gasteiger partial charge in [-0.1, -0.05) is 30.1 Å². The maximum absolute atomic E-state index is 12.9. The molecule has 1 spiro atoms. The number of hydrazine groups is 1. The number of urea groups is 1. The van der Waals surface area contributed by atoms with E-state index in [1.54, 1.807) is 23.1 Å².